The van der Waals surface area contributed by atoms with Crippen molar-refractivity contribution in [1.82, 2.24) is 0 Å². The van der Waals surface area contributed by atoms with Crippen LogP contribution in [0.4, 0.5) is 0 Å². The maximum absolute atomic E-state index is 12.2. The second-order valence-electron chi connectivity index (χ2n) is 9.13. The number of ether oxygens (including phenoxy) is 2. The monoisotopic (exact) mass is 448 g/mol. The predicted octanol–water partition coefficient (Wildman–Crippen LogP) is 6.71. The smallest absolute Gasteiger partial charge is 0.338 e. The zero-order chi connectivity index (χ0) is 25.4. The Labute approximate surface area is 198 Å². The molecular formula is C29H36O4. The lowest BCUT2D eigenvalue weighted by atomic mass is 9.84. The highest BCUT2D eigenvalue weighted by Gasteiger charge is 2.22. The highest BCUT2D eigenvalue weighted by atomic mass is 16.5. The summed E-state index contributed by atoms with van der Waals surface area (Å²) in [5.74, 6) is 0.408. The van der Waals surface area contributed by atoms with Gasteiger partial charge in [0.2, 0.25) is 0 Å². The van der Waals surface area contributed by atoms with E-state index in [0.29, 0.717) is 22.6 Å². The Kier molecular flexibility index (Phi) is 7.74. The van der Waals surface area contributed by atoms with Gasteiger partial charge in [0.1, 0.15) is 11.5 Å². The zero-order valence-corrected chi connectivity index (χ0v) is 21.8. The van der Waals surface area contributed by atoms with E-state index in [2.05, 4.69) is 40.9 Å². The summed E-state index contributed by atoms with van der Waals surface area (Å²) >= 11 is 0. The predicted molar refractivity (Wildman–Crippen MR) is 134 cm³/mol. The van der Waals surface area contributed by atoms with Gasteiger partial charge in [-0.15, -0.1) is 0 Å². The molecule has 0 aliphatic heterocycles. The summed E-state index contributed by atoms with van der Waals surface area (Å²) in [6.07, 6.45) is 0.738. The molecule has 0 fully saturated rings. The van der Waals surface area contributed by atoms with Crippen molar-refractivity contribution >= 4 is 11.9 Å². The molecule has 4 nitrogen and oxygen atoms in total. The highest BCUT2D eigenvalue weighted by Crippen LogP contribution is 2.38. The van der Waals surface area contributed by atoms with Crippen LogP contribution in [-0.2, 0) is 16.0 Å². The van der Waals surface area contributed by atoms with Crippen LogP contribution in [-0.4, -0.2) is 11.9 Å². The largest absolute Gasteiger partial charge is 0.423 e. The molecule has 2 aromatic carbocycles. The quantitative estimate of drug-likeness (QED) is 0.280. The van der Waals surface area contributed by atoms with Crippen molar-refractivity contribution in [1.29, 1.82) is 0 Å². The molecule has 33 heavy (non-hydrogen) atoms. The van der Waals surface area contributed by atoms with Crippen LogP contribution in [0.25, 0.3) is 0 Å². The van der Waals surface area contributed by atoms with E-state index < -0.39 is 11.9 Å². The first-order chi connectivity index (χ1) is 15.2. The molecule has 0 unspecified atom stereocenters. The summed E-state index contributed by atoms with van der Waals surface area (Å²) in [5.41, 5.74) is 11.4. The molecule has 2 aromatic rings. The molecule has 176 valence electrons. The van der Waals surface area contributed by atoms with E-state index in [-0.39, 0.29) is 0 Å². The molecule has 0 amide bonds. The van der Waals surface area contributed by atoms with Gasteiger partial charge in [-0.2, -0.15) is 0 Å². The van der Waals surface area contributed by atoms with E-state index in [1.165, 1.54) is 11.1 Å². The van der Waals surface area contributed by atoms with Gasteiger partial charge in [0, 0.05) is 11.1 Å². The Balaban J connectivity index is 2.62. The molecule has 0 heterocycles. The van der Waals surface area contributed by atoms with Gasteiger partial charge in [0.05, 0.1) is 0 Å². The van der Waals surface area contributed by atoms with Crippen molar-refractivity contribution in [3.05, 3.63) is 79.9 Å². The third-order valence-corrected chi connectivity index (χ3v) is 6.86. The molecule has 0 radical (unpaired) electrons. The number of carbonyl (C=O) groups is 2. The van der Waals surface area contributed by atoms with Crippen LogP contribution in [0.2, 0.25) is 0 Å². The van der Waals surface area contributed by atoms with E-state index >= 15 is 0 Å². The lowest BCUT2D eigenvalue weighted by Crippen LogP contribution is -2.14. The Morgan fingerprint density at radius 3 is 1.00 bits per heavy atom. The SMILES string of the molecule is C=C(C)C(=O)Oc1c(C)c(C)c(Cc2c(C)c(C)c(OC(=O)C(=C)C)c(C)c2C)c(C)c1C. The minimum atomic E-state index is -0.411. The Bertz CT molecular complexity index is 1040. The van der Waals surface area contributed by atoms with Gasteiger partial charge in [0.25, 0.3) is 0 Å². The molecule has 0 aliphatic carbocycles. The van der Waals surface area contributed by atoms with Crippen LogP contribution in [0, 0.1) is 55.4 Å². The number of carbonyl (C=O) groups excluding carboxylic acids is 2. The van der Waals surface area contributed by atoms with Crippen LogP contribution in [0.5, 0.6) is 11.5 Å². The molecule has 0 saturated carbocycles. The number of hydrogen-bond donors (Lipinski definition) is 0. The van der Waals surface area contributed by atoms with Crippen molar-refractivity contribution in [2.75, 3.05) is 0 Å². The van der Waals surface area contributed by atoms with E-state index in [4.69, 9.17) is 9.47 Å². The van der Waals surface area contributed by atoms with Crippen molar-refractivity contribution in [3.63, 3.8) is 0 Å². The Hall–Kier alpha value is -3.14. The van der Waals surface area contributed by atoms with Crippen LogP contribution in [0.3, 0.4) is 0 Å². The van der Waals surface area contributed by atoms with Crippen molar-refractivity contribution in [2.45, 2.75) is 75.7 Å². The average Bonchev–Trinajstić information content (AvgIpc) is 2.75. The van der Waals surface area contributed by atoms with Crippen LogP contribution in [0.1, 0.15) is 69.5 Å². The molecule has 0 N–H and O–H groups in total. The molecular weight excluding hydrogens is 412 g/mol. The molecule has 2 rings (SSSR count). The van der Waals surface area contributed by atoms with Gasteiger partial charge in [-0.05, 0) is 131 Å². The minimum Gasteiger partial charge on any atom is -0.423 e. The lowest BCUT2D eigenvalue weighted by molar-refractivity contribution is -0.131. The second kappa shape index (κ2) is 9.78. The summed E-state index contributed by atoms with van der Waals surface area (Å²) in [4.78, 5) is 24.3. The van der Waals surface area contributed by atoms with E-state index in [1.54, 1.807) is 13.8 Å². The standard InChI is InChI=1S/C29H36O4/c1-14(2)28(30)32-26-20(9)16(5)24(17(6)21(26)10)13-25-18(7)22(11)27(23(12)19(25)8)33-29(31)15(3)4/h1,3,13H2,2,4-12H3. The minimum absolute atomic E-state index is 0.373. The van der Waals surface area contributed by atoms with Gasteiger partial charge in [-0.25, -0.2) is 9.59 Å². The van der Waals surface area contributed by atoms with Crippen molar-refractivity contribution < 1.29 is 19.1 Å². The molecule has 0 atom stereocenters. The second-order valence-corrected chi connectivity index (χ2v) is 9.13. The first-order valence-corrected chi connectivity index (χ1v) is 11.1. The summed E-state index contributed by atoms with van der Waals surface area (Å²) in [6.45, 7) is 26.9. The summed E-state index contributed by atoms with van der Waals surface area (Å²) in [7, 11) is 0. The van der Waals surface area contributed by atoms with Gasteiger partial charge in [-0.3, -0.25) is 0 Å². The van der Waals surface area contributed by atoms with Crippen LogP contribution in [0.15, 0.2) is 24.3 Å². The number of esters is 2. The highest BCUT2D eigenvalue weighted by molar-refractivity contribution is 5.90. The summed E-state index contributed by atoms with van der Waals surface area (Å²) in [6, 6.07) is 0. The van der Waals surface area contributed by atoms with Gasteiger partial charge >= 0.3 is 11.9 Å². The van der Waals surface area contributed by atoms with Crippen molar-refractivity contribution in [3.8, 4) is 11.5 Å². The molecule has 0 saturated heterocycles. The lowest BCUT2D eigenvalue weighted by Gasteiger charge is -2.24. The van der Waals surface area contributed by atoms with E-state index in [0.717, 1.165) is 50.9 Å². The Morgan fingerprint density at radius 2 is 0.788 bits per heavy atom. The maximum atomic E-state index is 12.2. The van der Waals surface area contributed by atoms with Gasteiger partial charge in [0.15, 0.2) is 0 Å². The van der Waals surface area contributed by atoms with Crippen LogP contribution < -0.4 is 9.47 Å². The first-order valence-electron chi connectivity index (χ1n) is 11.1. The Morgan fingerprint density at radius 1 is 0.545 bits per heavy atom. The van der Waals surface area contributed by atoms with Crippen LogP contribution >= 0.6 is 0 Å². The van der Waals surface area contributed by atoms with Crippen molar-refractivity contribution in [2.24, 2.45) is 0 Å². The number of rotatable bonds is 6. The third-order valence-electron chi connectivity index (χ3n) is 6.86. The molecule has 0 aliphatic rings. The molecule has 0 bridgehead atoms. The summed E-state index contributed by atoms with van der Waals surface area (Å²) in [5, 5.41) is 0. The first kappa shape index (κ1) is 26.1. The zero-order valence-electron chi connectivity index (χ0n) is 21.8. The number of hydrogen-bond acceptors (Lipinski definition) is 4. The molecule has 0 spiro atoms. The maximum Gasteiger partial charge on any atom is 0.338 e. The van der Waals surface area contributed by atoms with E-state index in [1.807, 2.05) is 27.7 Å². The van der Waals surface area contributed by atoms with Gasteiger partial charge < -0.3 is 9.47 Å². The topological polar surface area (TPSA) is 52.6 Å². The fourth-order valence-corrected chi connectivity index (χ4v) is 4.08. The molecule has 0 aromatic heterocycles. The normalized spacial score (nSPS) is 10.7. The third kappa shape index (κ3) is 4.95. The fourth-order valence-electron chi connectivity index (χ4n) is 4.08. The number of benzene rings is 2. The van der Waals surface area contributed by atoms with E-state index in [9.17, 15) is 9.59 Å². The molecule has 4 heteroatoms. The van der Waals surface area contributed by atoms with Gasteiger partial charge in [-0.1, -0.05) is 13.2 Å². The summed E-state index contributed by atoms with van der Waals surface area (Å²) < 4.78 is 11.3. The fraction of sp³-hybridized carbons (Fsp3) is 0.379. The average molecular weight is 449 g/mol.